The van der Waals surface area contributed by atoms with Crippen LogP contribution in [-0.2, 0) is 20.6 Å². The molecule has 2 heterocycles. The standard InChI is InChI=1S/C26H37N5O4/c1-29-24-23(25(33)30(2)26(29)34)31(18-28-24)15-9-14-27-16-20(32)17-35-22-13-8-7-12-21(22)19-10-5-3-4-6-11-19/h7-8,12-13,18-20,27,32H,3-6,9-11,14-17H2,1-2H3. The van der Waals surface area contributed by atoms with E-state index < -0.39 is 6.10 Å². The van der Waals surface area contributed by atoms with Gasteiger partial charge in [0, 0.05) is 27.2 Å². The highest BCUT2D eigenvalue weighted by Gasteiger charge is 2.19. The average Bonchev–Trinajstić information content (AvgIpc) is 3.10. The Morgan fingerprint density at radius 1 is 1.11 bits per heavy atom. The van der Waals surface area contributed by atoms with Crippen LogP contribution < -0.4 is 21.3 Å². The topological polar surface area (TPSA) is 103 Å². The van der Waals surface area contributed by atoms with Crippen LogP contribution in [0.5, 0.6) is 5.75 Å². The number of ether oxygens (including phenoxy) is 1. The predicted octanol–water partition coefficient (Wildman–Crippen LogP) is 2.29. The predicted molar refractivity (Wildman–Crippen MR) is 136 cm³/mol. The molecule has 0 amide bonds. The molecule has 1 aromatic carbocycles. The van der Waals surface area contributed by atoms with Crippen LogP contribution in [0.2, 0.25) is 0 Å². The van der Waals surface area contributed by atoms with E-state index in [1.54, 1.807) is 17.9 Å². The minimum atomic E-state index is -0.618. The van der Waals surface area contributed by atoms with Crippen molar-refractivity contribution in [1.82, 2.24) is 24.0 Å². The third kappa shape index (κ3) is 5.85. The number of aliphatic hydroxyl groups is 1. The highest BCUT2D eigenvalue weighted by Crippen LogP contribution is 2.36. The first-order valence-corrected chi connectivity index (χ1v) is 12.7. The zero-order valence-corrected chi connectivity index (χ0v) is 20.8. The molecule has 9 nitrogen and oxygen atoms in total. The van der Waals surface area contributed by atoms with Gasteiger partial charge in [0.15, 0.2) is 11.2 Å². The quantitative estimate of drug-likeness (QED) is 0.339. The summed E-state index contributed by atoms with van der Waals surface area (Å²) < 4.78 is 10.3. The van der Waals surface area contributed by atoms with Gasteiger partial charge in [-0.15, -0.1) is 0 Å². The maximum Gasteiger partial charge on any atom is 0.332 e. The molecule has 0 bridgehead atoms. The summed E-state index contributed by atoms with van der Waals surface area (Å²) in [7, 11) is 3.09. The van der Waals surface area contributed by atoms with Crippen molar-refractivity contribution >= 4 is 11.2 Å². The van der Waals surface area contributed by atoms with E-state index in [2.05, 4.69) is 22.4 Å². The van der Waals surface area contributed by atoms with E-state index in [9.17, 15) is 14.7 Å². The Balaban J connectivity index is 1.24. The summed E-state index contributed by atoms with van der Waals surface area (Å²) in [5, 5.41) is 13.7. The monoisotopic (exact) mass is 483 g/mol. The number of para-hydroxylation sites is 1. The number of hydrogen-bond donors (Lipinski definition) is 2. The number of rotatable bonds is 10. The molecule has 1 atom stereocenters. The van der Waals surface area contributed by atoms with Gasteiger partial charge >= 0.3 is 5.69 Å². The van der Waals surface area contributed by atoms with Crippen molar-refractivity contribution in [3.05, 3.63) is 57.0 Å². The van der Waals surface area contributed by atoms with Crippen LogP contribution in [0.3, 0.4) is 0 Å². The maximum atomic E-state index is 12.5. The zero-order valence-electron chi connectivity index (χ0n) is 20.8. The van der Waals surface area contributed by atoms with Crippen LogP contribution in [0.15, 0.2) is 40.2 Å². The number of benzene rings is 1. The molecule has 9 heteroatoms. The molecule has 1 unspecified atom stereocenters. The van der Waals surface area contributed by atoms with Crippen LogP contribution in [0.1, 0.15) is 56.4 Å². The second kappa shape index (κ2) is 11.7. The normalized spacial score (nSPS) is 15.9. The van der Waals surface area contributed by atoms with Crippen LogP contribution in [0.25, 0.3) is 11.2 Å². The molecule has 1 fully saturated rings. The first-order chi connectivity index (χ1) is 17.0. The van der Waals surface area contributed by atoms with Crippen LogP contribution in [0, 0.1) is 0 Å². The van der Waals surface area contributed by atoms with Crippen molar-refractivity contribution in [3.8, 4) is 5.75 Å². The Hall–Kier alpha value is -2.91. The minimum absolute atomic E-state index is 0.243. The summed E-state index contributed by atoms with van der Waals surface area (Å²) in [5.41, 5.74) is 1.36. The largest absolute Gasteiger partial charge is 0.491 e. The van der Waals surface area contributed by atoms with Gasteiger partial charge in [-0.25, -0.2) is 9.78 Å². The number of aryl methyl sites for hydroxylation is 2. The van der Waals surface area contributed by atoms with Crippen molar-refractivity contribution in [2.45, 2.75) is 63.5 Å². The van der Waals surface area contributed by atoms with E-state index in [4.69, 9.17) is 4.74 Å². The lowest BCUT2D eigenvalue weighted by molar-refractivity contribution is 0.105. The summed E-state index contributed by atoms with van der Waals surface area (Å²) in [4.78, 5) is 28.8. The van der Waals surface area contributed by atoms with E-state index in [-0.39, 0.29) is 17.9 Å². The van der Waals surface area contributed by atoms with Crippen molar-refractivity contribution < 1.29 is 9.84 Å². The summed E-state index contributed by atoms with van der Waals surface area (Å²) in [6, 6.07) is 8.24. The van der Waals surface area contributed by atoms with Crippen LogP contribution in [-0.4, -0.2) is 49.6 Å². The van der Waals surface area contributed by atoms with Gasteiger partial charge in [-0.3, -0.25) is 13.9 Å². The molecule has 35 heavy (non-hydrogen) atoms. The lowest BCUT2D eigenvalue weighted by Crippen LogP contribution is -2.37. The first kappa shape index (κ1) is 25.2. The molecule has 190 valence electrons. The second-order valence-electron chi connectivity index (χ2n) is 9.56. The Kier molecular flexibility index (Phi) is 8.41. The third-order valence-electron chi connectivity index (χ3n) is 6.99. The SMILES string of the molecule is Cn1c(=O)c2c(ncn2CCCNCC(O)COc2ccccc2C2CCCCCC2)n(C)c1=O. The third-order valence-corrected chi connectivity index (χ3v) is 6.99. The summed E-state index contributed by atoms with van der Waals surface area (Å²) in [6.07, 6.45) is 9.32. The van der Waals surface area contributed by atoms with E-state index in [1.807, 2.05) is 12.1 Å². The van der Waals surface area contributed by atoms with E-state index in [0.717, 1.165) is 16.7 Å². The molecular weight excluding hydrogens is 446 g/mol. The number of hydrogen-bond acceptors (Lipinski definition) is 6. The molecule has 2 N–H and O–H groups in total. The van der Waals surface area contributed by atoms with Crippen molar-refractivity contribution in [2.75, 3.05) is 19.7 Å². The van der Waals surface area contributed by atoms with Gasteiger partial charge in [-0.2, -0.15) is 0 Å². The van der Waals surface area contributed by atoms with E-state index >= 15 is 0 Å². The fourth-order valence-corrected chi connectivity index (χ4v) is 4.99. The highest BCUT2D eigenvalue weighted by atomic mass is 16.5. The van der Waals surface area contributed by atoms with Gasteiger partial charge < -0.3 is 19.7 Å². The molecule has 0 spiro atoms. The molecule has 3 aromatic rings. The fraction of sp³-hybridized carbons (Fsp3) is 0.577. The summed E-state index contributed by atoms with van der Waals surface area (Å²) in [5.74, 6) is 1.43. The highest BCUT2D eigenvalue weighted by molar-refractivity contribution is 5.69. The van der Waals surface area contributed by atoms with E-state index in [1.165, 1.54) is 55.7 Å². The lowest BCUT2D eigenvalue weighted by atomic mass is 9.91. The summed E-state index contributed by atoms with van der Waals surface area (Å²) in [6.45, 7) is 1.92. The number of imidazole rings is 1. The van der Waals surface area contributed by atoms with Crippen LogP contribution in [0.4, 0.5) is 0 Å². The maximum absolute atomic E-state index is 12.5. The van der Waals surface area contributed by atoms with Gasteiger partial charge in [0.1, 0.15) is 18.5 Å². The summed E-state index contributed by atoms with van der Waals surface area (Å²) >= 11 is 0. The van der Waals surface area contributed by atoms with Crippen molar-refractivity contribution in [3.63, 3.8) is 0 Å². The minimum Gasteiger partial charge on any atom is -0.491 e. The molecule has 1 saturated carbocycles. The molecule has 2 aromatic heterocycles. The van der Waals surface area contributed by atoms with Gasteiger partial charge in [-0.1, -0.05) is 43.9 Å². The number of fused-ring (bicyclic) bond motifs is 1. The number of aliphatic hydroxyl groups excluding tert-OH is 1. The molecule has 0 saturated heterocycles. The Morgan fingerprint density at radius 3 is 2.63 bits per heavy atom. The van der Waals surface area contributed by atoms with E-state index in [0.29, 0.717) is 36.7 Å². The van der Waals surface area contributed by atoms with Gasteiger partial charge in [-0.05, 0) is 43.4 Å². The number of nitrogens with zero attached hydrogens (tertiary/aromatic N) is 4. The molecular formula is C26H37N5O4. The Morgan fingerprint density at radius 2 is 1.86 bits per heavy atom. The number of aromatic nitrogens is 4. The molecule has 4 rings (SSSR count). The number of nitrogens with one attached hydrogen (secondary N) is 1. The lowest BCUT2D eigenvalue weighted by Gasteiger charge is -2.20. The van der Waals surface area contributed by atoms with Gasteiger partial charge in [0.05, 0.1) is 6.33 Å². The smallest absolute Gasteiger partial charge is 0.332 e. The Labute approximate surface area is 205 Å². The molecule has 1 aliphatic rings. The zero-order chi connectivity index (χ0) is 24.8. The van der Waals surface area contributed by atoms with Gasteiger partial charge in [0.2, 0.25) is 0 Å². The molecule has 0 radical (unpaired) electrons. The molecule has 1 aliphatic carbocycles. The average molecular weight is 484 g/mol. The van der Waals surface area contributed by atoms with Crippen molar-refractivity contribution in [2.24, 2.45) is 14.1 Å². The first-order valence-electron chi connectivity index (χ1n) is 12.7. The van der Waals surface area contributed by atoms with Crippen LogP contribution >= 0.6 is 0 Å². The fourth-order valence-electron chi connectivity index (χ4n) is 4.99. The van der Waals surface area contributed by atoms with Gasteiger partial charge in [0.25, 0.3) is 5.56 Å². The van der Waals surface area contributed by atoms with Crippen molar-refractivity contribution in [1.29, 1.82) is 0 Å². The molecule has 0 aliphatic heterocycles. The second-order valence-corrected chi connectivity index (χ2v) is 9.56. The Bertz CT molecular complexity index is 1240.